The topological polar surface area (TPSA) is 29.5 Å². The molecule has 160 valence electrons. The van der Waals surface area contributed by atoms with Crippen molar-refractivity contribution in [1.82, 2.24) is 4.90 Å². The Labute approximate surface area is 177 Å². The summed E-state index contributed by atoms with van der Waals surface area (Å²) in [6.07, 6.45) is 11.9. The second-order valence-corrected chi connectivity index (χ2v) is 22.6. The molecule has 0 spiro atoms. The third kappa shape index (κ3) is 4.66. The summed E-state index contributed by atoms with van der Waals surface area (Å²) in [5, 5.41) is 0. The van der Waals surface area contributed by atoms with Gasteiger partial charge in [-0.25, -0.2) is 0 Å². The van der Waals surface area contributed by atoms with Crippen LogP contribution in [0.4, 0.5) is 0 Å². The van der Waals surface area contributed by atoms with Crippen molar-refractivity contribution < 1.29 is 9.53 Å². The van der Waals surface area contributed by atoms with Crippen LogP contribution in [0.1, 0.15) is 78.6 Å². The Morgan fingerprint density at radius 2 is 1.68 bits per heavy atom. The van der Waals surface area contributed by atoms with Crippen LogP contribution in [0.25, 0.3) is 0 Å². The number of methoxy groups -OCH3 is 1. The summed E-state index contributed by atoms with van der Waals surface area (Å²) in [6.45, 7) is 8.21. The fourth-order valence-corrected chi connectivity index (χ4v) is 22.0. The van der Waals surface area contributed by atoms with Crippen molar-refractivity contribution in [2.75, 3.05) is 13.7 Å². The van der Waals surface area contributed by atoms with Crippen LogP contribution >= 0.6 is 0 Å². The monoisotopic (exact) mass is 497 g/mol. The fraction of sp³-hybridized carbons (Fsp3) is 0.875. The van der Waals surface area contributed by atoms with Crippen molar-refractivity contribution in [3.8, 4) is 0 Å². The van der Waals surface area contributed by atoms with E-state index in [1.807, 2.05) is 0 Å². The van der Waals surface area contributed by atoms with Crippen LogP contribution in [0, 0.1) is 11.8 Å². The van der Waals surface area contributed by atoms with E-state index in [0.29, 0.717) is 12.0 Å². The van der Waals surface area contributed by atoms with Gasteiger partial charge in [0.25, 0.3) is 0 Å². The number of esters is 1. The molecule has 0 saturated carbocycles. The fourth-order valence-electron chi connectivity index (χ4n) is 6.45. The van der Waals surface area contributed by atoms with E-state index in [0.717, 1.165) is 12.6 Å². The molecule has 0 aromatic carbocycles. The van der Waals surface area contributed by atoms with Crippen LogP contribution in [-0.2, 0) is 9.53 Å². The second kappa shape index (κ2) is 10.3. The van der Waals surface area contributed by atoms with Crippen LogP contribution < -0.4 is 0 Å². The number of carbonyl (C=O) groups excluding carboxylic acids is 1. The SMILES string of the molecule is CCC[CH2][Sn](/[CH]=C1\CN2[C@H]3CC[C@@H]2[C@@H](C(=O)OC)[C@@H]1C3)([CH2]CCC)[CH2]CCC. The molecule has 5 atom stereocenters. The molecule has 1 unspecified atom stereocenters. The molecule has 4 fully saturated rings. The molecule has 4 aliphatic heterocycles. The number of hydrogen-bond donors (Lipinski definition) is 0. The van der Waals surface area contributed by atoms with E-state index in [2.05, 4.69) is 29.8 Å². The summed E-state index contributed by atoms with van der Waals surface area (Å²) in [5.41, 5.74) is 1.67. The molecule has 4 heteroatoms. The Balaban J connectivity index is 1.90. The van der Waals surface area contributed by atoms with Gasteiger partial charge in [0.1, 0.15) is 0 Å². The van der Waals surface area contributed by atoms with Crippen LogP contribution in [0.2, 0.25) is 13.3 Å². The number of nitrogens with zero attached hydrogens (tertiary/aromatic N) is 1. The molecule has 0 radical (unpaired) electrons. The van der Waals surface area contributed by atoms with Crippen molar-refractivity contribution in [3.05, 3.63) is 9.67 Å². The zero-order valence-corrected chi connectivity index (χ0v) is 21.7. The number of piperidine rings is 3. The summed E-state index contributed by atoms with van der Waals surface area (Å²) in [4.78, 5) is 15.4. The number of carbonyl (C=O) groups is 1. The van der Waals surface area contributed by atoms with Crippen molar-refractivity contribution >= 4 is 24.3 Å². The Bertz CT molecular complexity index is 539. The predicted octanol–water partition coefficient (Wildman–Crippen LogP) is 5.96. The van der Waals surface area contributed by atoms with Crippen molar-refractivity contribution in [1.29, 1.82) is 0 Å². The van der Waals surface area contributed by atoms with E-state index in [1.54, 1.807) is 12.7 Å². The molecule has 4 rings (SSSR count). The third-order valence-corrected chi connectivity index (χ3v) is 22.3. The van der Waals surface area contributed by atoms with Crippen molar-refractivity contribution in [3.63, 3.8) is 0 Å². The summed E-state index contributed by atoms with van der Waals surface area (Å²) >= 11 is -2.33. The molecule has 28 heavy (non-hydrogen) atoms. The molecular formula is C24H43NO2Sn. The first-order valence-electron chi connectivity index (χ1n) is 12.1. The number of ether oxygens (including phenoxy) is 1. The molecule has 0 aromatic rings. The van der Waals surface area contributed by atoms with Gasteiger partial charge in [-0.1, -0.05) is 0 Å². The zero-order chi connectivity index (χ0) is 20.1. The third-order valence-electron chi connectivity index (χ3n) is 7.96. The summed E-state index contributed by atoms with van der Waals surface area (Å²) in [6, 6.07) is 1.19. The van der Waals surface area contributed by atoms with E-state index in [4.69, 9.17) is 4.74 Å². The normalized spacial score (nSPS) is 32.9. The summed E-state index contributed by atoms with van der Waals surface area (Å²) < 4.78 is 12.8. The quantitative estimate of drug-likeness (QED) is 0.261. The van der Waals surface area contributed by atoms with Crippen LogP contribution in [0.15, 0.2) is 9.67 Å². The number of rotatable bonds is 11. The molecule has 0 aromatic heterocycles. The van der Waals surface area contributed by atoms with Crippen LogP contribution in [-0.4, -0.2) is 55.0 Å². The molecule has 0 amide bonds. The van der Waals surface area contributed by atoms with Gasteiger partial charge in [0, 0.05) is 0 Å². The van der Waals surface area contributed by atoms with E-state index >= 15 is 0 Å². The molecular weight excluding hydrogens is 453 g/mol. The minimum absolute atomic E-state index is 0.0578. The second-order valence-electron chi connectivity index (χ2n) is 9.75. The molecule has 4 bridgehead atoms. The predicted molar refractivity (Wildman–Crippen MR) is 120 cm³/mol. The Morgan fingerprint density at radius 1 is 1.07 bits per heavy atom. The number of hydrogen-bond acceptors (Lipinski definition) is 3. The Morgan fingerprint density at radius 3 is 2.21 bits per heavy atom. The summed E-state index contributed by atoms with van der Waals surface area (Å²) in [5.74, 6) is 0.648. The molecule has 0 N–H and O–H groups in total. The van der Waals surface area contributed by atoms with Crippen molar-refractivity contribution in [2.45, 2.75) is 104 Å². The Kier molecular flexibility index (Phi) is 8.35. The standard InChI is InChI=1S/C12H16NO2.3C4H9.Sn/c1-7-6-13-8-3-4-10(13)11(9(7)5-8)12(14)15-2;3*1-3-4-2;/h1,8-11H,3-6H2,2H3;3*1,3-4H2,2H3;/t8-,9+,10+,11-;;;;/m0..../s1. The van der Waals surface area contributed by atoms with Gasteiger partial charge in [-0.15, -0.1) is 0 Å². The van der Waals surface area contributed by atoms with E-state index in [-0.39, 0.29) is 11.9 Å². The molecule has 4 aliphatic rings. The maximum atomic E-state index is 12.7. The Hall–Kier alpha value is -0.0313. The van der Waals surface area contributed by atoms with Gasteiger partial charge in [0.05, 0.1) is 0 Å². The van der Waals surface area contributed by atoms with Gasteiger partial charge < -0.3 is 0 Å². The first-order chi connectivity index (χ1) is 13.6. The van der Waals surface area contributed by atoms with Gasteiger partial charge in [-0.3, -0.25) is 0 Å². The minimum atomic E-state index is -2.33. The maximum absolute atomic E-state index is 12.7. The number of unbranched alkanes of at least 4 members (excludes halogenated alkanes) is 3. The molecule has 0 aliphatic carbocycles. The van der Waals surface area contributed by atoms with Gasteiger partial charge in [-0.05, 0) is 0 Å². The molecule has 4 heterocycles. The van der Waals surface area contributed by atoms with E-state index < -0.39 is 18.4 Å². The van der Waals surface area contributed by atoms with Crippen LogP contribution in [0.5, 0.6) is 0 Å². The average molecular weight is 496 g/mol. The van der Waals surface area contributed by atoms with Crippen molar-refractivity contribution in [2.24, 2.45) is 11.8 Å². The van der Waals surface area contributed by atoms with Gasteiger partial charge >= 0.3 is 178 Å². The first-order valence-corrected chi connectivity index (χ1v) is 19.8. The molecule has 3 nitrogen and oxygen atoms in total. The van der Waals surface area contributed by atoms with Gasteiger partial charge in [0.2, 0.25) is 0 Å². The first kappa shape index (κ1) is 22.6. The van der Waals surface area contributed by atoms with Gasteiger partial charge in [0.15, 0.2) is 0 Å². The van der Waals surface area contributed by atoms with E-state index in [1.165, 1.54) is 71.1 Å². The van der Waals surface area contributed by atoms with E-state index in [9.17, 15) is 4.79 Å². The number of fused-ring (bicyclic) bond motifs is 1. The molecule has 4 saturated heterocycles. The van der Waals surface area contributed by atoms with Gasteiger partial charge in [-0.2, -0.15) is 0 Å². The average Bonchev–Trinajstić information content (AvgIpc) is 3.02. The van der Waals surface area contributed by atoms with Crippen LogP contribution in [0.3, 0.4) is 0 Å². The summed E-state index contributed by atoms with van der Waals surface area (Å²) in [7, 11) is 1.59. The zero-order valence-electron chi connectivity index (χ0n) is 18.8.